The molecule has 6 nitrogen and oxygen atoms in total. The lowest BCUT2D eigenvalue weighted by molar-refractivity contribution is -0.142. The minimum atomic E-state index is -0.994. The molecule has 0 aliphatic heterocycles. The molecule has 20 heavy (non-hydrogen) atoms. The fourth-order valence-electron chi connectivity index (χ4n) is 1.63. The van der Waals surface area contributed by atoms with E-state index in [1.54, 1.807) is 31.3 Å². The molecule has 1 N–H and O–H groups in total. The van der Waals surface area contributed by atoms with Crippen LogP contribution in [0, 0.1) is 11.3 Å². The SMILES string of the molecule is CC(C(=O)O)N(C)CC(=O)N(CC#N)c1ccccc1. The van der Waals surface area contributed by atoms with E-state index in [1.807, 2.05) is 12.1 Å². The number of carboxylic acid groups (broad SMARTS) is 1. The zero-order chi connectivity index (χ0) is 15.1. The third kappa shape index (κ3) is 4.07. The minimum absolute atomic E-state index is 0.0654. The number of likely N-dealkylation sites (N-methyl/N-ethyl adjacent to an activating group) is 1. The summed E-state index contributed by atoms with van der Waals surface area (Å²) in [4.78, 5) is 25.8. The second-order valence-electron chi connectivity index (χ2n) is 4.40. The Bertz CT molecular complexity index is 510. The molecular formula is C14H17N3O3. The maximum atomic E-state index is 12.2. The molecule has 1 rings (SSSR count). The van der Waals surface area contributed by atoms with Crippen LogP contribution in [-0.2, 0) is 9.59 Å². The number of benzene rings is 1. The van der Waals surface area contributed by atoms with Gasteiger partial charge in [0.05, 0.1) is 12.6 Å². The number of hydrogen-bond acceptors (Lipinski definition) is 4. The molecule has 0 aromatic heterocycles. The van der Waals surface area contributed by atoms with Gasteiger partial charge in [-0.05, 0) is 26.1 Å². The fourth-order valence-corrected chi connectivity index (χ4v) is 1.63. The van der Waals surface area contributed by atoms with Crippen molar-refractivity contribution in [1.82, 2.24) is 4.90 Å². The summed E-state index contributed by atoms with van der Waals surface area (Å²) < 4.78 is 0. The first-order valence-electron chi connectivity index (χ1n) is 6.12. The molecule has 0 bridgehead atoms. The van der Waals surface area contributed by atoms with Crippen LogP contribution in [0.25, 0.3) is 0 Å². The van der Waals surface area contributed by atoms with E-state index in [4.69, 9.17) is 10.4 Å². The highest BCUT2D eigenvalue weighted by Gasteiger charge is 2.22. The molecule has 0 saturated heterocycles. The number of rotatable bonds is 6. The van der Waals surface area contributed by atoms with Gasteiger partial charge in [-0.2, -0.15) is 5.26 Å². The second-order valence-corrected chi connectivity index (χ2v) is 4.40. The third-order valence-electron chi connectivity index (χ3n) is 3.00. The van der Waals surface area contributed by atoms with Gasteiger partial charge in [-0.1, -0.05) is 18.2 Å². The van der Waals surface area contributed by atoms with Crippen molar-refractivity contribution in [3.63, 3.8) is 0 Å². The number of anilines is 1. The van der Waals surface area contributed by atoms with Crippen molar-refractivity contribution in [3.05, 3.63) is 30.3 Å². The van der Waals surface area contributed by atoms with Crippen molar-refractivity contribution in [2.45, 2.75) is 13.0 Å². The summed E-state index contributed by atoms with van der Waals surface area (Å²) in [6, 6.07) is 10.0. The van der Waals surface area contributed by atoms with E-state index in [2.05, 4.69) is 0 Å². The molecule has 0 radical (unpaired) electrons. The van der Waals surface area contributed by atoms with Gasteiger partial charge in [-0.15, -0.1) is 0 Å². The zero-order valence-corrected chi connectivity index (χ0v) is 11.5. The monoisotopic (exact) mass is 275 g/mol. The first-order chi connectivity index (χ1) is 9.47. The molecule has 0 aliphatic rings. The van der Waals surface area contributed by atoms with Gasteiger partial charge in [0.25, 0.3) is 0 Å². The van der Waals surface area contributed by atoms with Gasteiger partial charge in [-0.25, -0.2) is 0 Å². The van der Waals surface area contributed by atoms with Crippen molar-refractivity contribution in [2.75, 3.05) is 25.0 Å². The van der Waals surface area contributed by atoms with E-state index >= 15 is 0 Å². The number of nitrogens with zero attached hydrogens (tertiary/aromatic N) is 3. The molecule has 1 amide bonds. The summed E-state index contributed by atoms with van der Waals surface area (Å²) in [7, 11) is 1.56. The van der Waals surface area contributed by atoms with E-state index in [0.717, 1.165) is 0 Å². The first-order valence-corrected chi connectivity index (χ1v) is 6.12. The molecule has 1 aromatic rings. The lowest BCUT2D eigenvalue weighted by atomic mass is 10.2. The molecule has 0 aliphatic carbocycles. The Morgan fingerprint density at radius 1 is 1.35 bits per heavy atom. The molecule has 1 atom stereocenters. The van der Waals surface area contributed by atoms with Crippen LogP contribution < -0.4 is 4.90 Å². The molecule has 6 heteroatoms. The minimum Gasteiger partial charge on any atom is -0.480 e. The Morgan fingerprint density at radius 2 is 1.95 bits per heavy atom. The Kier molecular flexibility index (Phi) is 5.69. The standard InChI is InChI=1S/C14H17N3O3/c1-11(14(19)20)16(2)10-13(18)17(9-8-15)12-6-4-3-5-7-12/h3-7,11H,9-10H2,1-2H3,(H,19,20). The Labute approximate surface area is 117 Å². The van der Waals surface area contributed by atoms with Crippen LogP contribution in [0.4, 0.5) is 5.69 Å². The van der Waals surface area contributed by atoms with E-state index in [9.17, 15) is 9.59 Å². The van der Waals surface area contributed by atoms with Crippen molar-refractivity contribution in [2.24, 2.45) is 0 Å². The highest BCUT2D eigenvalue weighted by Crippen LogP contribution is 2.13. The highest BCUT2D eigenvalue weighted by molar-refractivity contribution is 5.95. The molecular weight excluding hydrogens is 258 g/mol. The van der Waals surface area contributed by atoms with Crippen molar-refractivity contribution in [3.8, 4) is 6.07 Å². The van der Waals surface area contributed by atoms with E-state index in [1.165, 1.54) is 16.7 Å². The number of carbonyl (C=O) groups is 2. The quantitative estimate of drug-likeness (QED) is 0.781. The number of amides is 1. The summed E-state index contributed by atoms with van der Waals surface area (Å²) in [5, 5.41) is 17.7. The molecule has 1 aromatic carbocycles. The van der Waals surface area contributed by atoms with Gasteiger partial charge in [0.1, 0.15) is 12.6 Å². The smallest absolute Gasteiger partial charge is 0.320 e. The Balaban J connectivity index is 2.81. The topological polar surface area (TPSA) is 84.6 Å². The van der Waals surface area contributed by atoms with Crippen molar-refractivity contribution < 1.29 is 14.7 Å². The summed E-state index contributed by atoms with van der Waals surface area (Å²) >= 11 is 0. The number of carboxylic acids is 1. The molecule has 0 saturated carbocycles. The van der Waals surface area contributed by atoms with Gasteiger partial charge < -0.3 is 5.11 Å². The molecule has 0 heterocycles. The van der Waals surface area contributed by atoms with Crippen LogP contribution >= 0.6 is 0 Å². The first kappa shape index (κ1) is 15.7. The van der Waals surface area contributed by atoms with Crippen molar-refractivity contribution in [1.29, 1.82) is 5.26 Å². The predicted octanol–water partition coefficient (Wildman–Crippen LogP) is 0.948. The second kappa shape index (κ2) is 7.26. The summed E-state index contributed by atoms with van der Waals surface area (Å²) in [5.41, 5.74) is 0.621. The van der Waals surface area contributed by atoms with Crippen LogP contribution in [-0.4, -0.2) is 48.1 Å². The van der Waals surface area contributed by atoms with Gasteiger partial charge in [0.15, 0.2) is 0 Å². The summed E-state index contributed by atoms with van der Waals surface area (Å²) in [6.07, 6.45) is 0. The number of nitriles is 1. The maximum Gasteiger partial charge on any atom is 0.320 e. The number of aliphatic carboxylic acids is 1. The van der Waals surface area contributed by atoms with Crippen LogP contribution in [0.1, 0.15) is 6.92 Å². The Morgan fingerprint density at radius 3 is 2.45 bits per heavy atom. The number of hydrogen-bond donors (Lipinski definition) is 1. The summed E-state index contributed by atoms with van der Waals surface area (Å²) in [6.45, 7) is 1.37. The highest BCUT2D eigenvalue weighted by atomic mass is 16.4. The van der Waals surface area contributed by atoms with E-state index < -0.39 is 12.0 Å². The zero-order valence-electron chi connectivity index (χ0n) is 11.5. The normalized spacial score (nSPS) is 11.7. The van der Waals surface area contributed by atoms with Gasteiger partial charge in [-0.3, -0.25) is 19.4 Å². The maximum absolute atomic E-state index is 12.2. The van der Waals surface area contributed by atoms with Gasteiger partial charge in [0.2, 0.25) is 5.91 Å². The lowest BCUT2D eigenvalue weighted by Crippen LogP contribution is -2.44. The largest absolute Gasteiger partial charge is 0.480 e. The fraction of sp³-hybridized carbons (Fsp3) is 0.357. The molecule has 0 fully saturated rings. The average Bonchev–Trinajstić information content (AvgIpc) is 2.44. The van der Waals surface area contributed by atoms with Crippen LogP contribution in [0.5, 0.6) is 0 Å². The van der Waals surface area contributed by atoms with E-state index in [0.29, 0.717) is 5.69 Å². The third-order valence-corrected chi connectivity index (χ3v) is 3.00. The number of para-hydroxylation sites is 1. The Hall–Kier alpha value is -2.39. The van der Waals surface area contributed by atoms with Crippen LogP contribution in [0.15, 0.2) is 30.3 Å². The number of carbonyl (C=O) groups excluding carboxylic acids is 1. The van der Waals surface area contributed by atoms with Crippen molar-refractivity contribution >= 4 is 17.6 Å². The molecule has 1 unspecified atom stereocenters. The lowest BCUT2D eigenvalue weighted by Gasteiger charge is -2.25. The van der Waals surface area contributed by atoms with E-state index in [-0.39, 0.29) is 19.0 Å². The van der Waals surface area contributed by atoms with Crippen LogP contribution in [0.2, 0.25) is 0 Å². The summed E-state index contributed by atoms with van der Waals surface area (Å²) in [5.74, 6) is -1.31. The average molecular weight is 275 g/mol. The molecule has 106 valence electrons. The predicted molar refractivity (Wildman–Crippen MR) is 74.1 cm³/mol. The van der Waals surface area contributed by atoms with Gasteiger partial charge in [0, 0.05) is 5.69 Å². The van der Waals surface area contributed by atoms with Crippen LogP contribution in [0.3, 0.4) is 0 Å². The molecule has 0 spiro atoms. The van der Waals surface area contributed by atoms with Gasteiger partial charge >= 0.3 is 5.97 Å².